The van der Waals surface area contributed by atoms with Crippen LogP contribution >= 0.6 is 0 Å². The molecule has 246 valence electrons. The molecule has 6 heteroatoms. The van der Waals surface area contributed by atoms with E-state index in [1.54, 1.807) is 19.1 Å². The smallest absolute Gasteiger partial charge is 0.410 e. The Morgan fingerprint density at radius 3 is 1.34 bits per heavy atom. The van der Waals surface area contributed by atoms with Gasteiger partial charge in [0, 0.05) is 28.8 Å². The van der Waals surface area contributed by atoms with Crippen molar-refractivity contribution < 1.29 is 24.1 Å². The molecule has 2 aromatic rings. The van der Waals surface area contributed by atoms with Crippen LogP contribution in [-0.4, -0.2) is 49.5 Å². The van der Waals surface area contributed by atoms with Crippen molar-refractivity contribution in [3.05, 3.63) is 57.6 Å². The Morgan fingerprint density at radius 1 is 0.727 bits per heavy atom. The van der Waals surface area contributed by atoms with Gasteiger partial charge in [-0.05, 0) is 76.8 Å². The summed E-state index contributed by atoms with van der Waals surface area (Å²) < 4.78 is 17.7. The summed E-state index contributed by atoms with van der Waals surface area (Å²) in [5.74, 6) is 1.68. The first kappa shape index (κ1) is 35.7. The topological polar surface area (TPSA) is 68.2 Å². The van der Waals surface area contributed by atoms with Gasteiger partial charge in [-0.3, -0.25) is 0 Å². The molecule has 0 saturated carbocycles. The average Bonchev–Trinajstić information content (AvgIpc) is 3.40. The molecule has 1 N–H and O–H groups in total. The van der Waals surface area contributed by atoms with Crippen LogP contribution in [0.1, 0.15) is 136 Å². The Hall–Kier alpha value is -2.73. The first-order valence-corrected chi connectivity index (χ1v) is 16.2. The Kier molecular flexibility index (Phi) is 9.93. The lowest BCUT2D eigenvalue weighted by Gasteiger charge is -2.42. The van der Waals surface area contributed by atoms with Crippen LogP contribution in [0.3, 0.4) is 0 Å². The number of aliphatic hydroxyl groups is 1. The molecule has 0 radical (unpaired) electrons. The van der Waals surface area contributed by atoms with Gasteiger partial charge in [0.2, 0.25) is 0 Å². The molecule has 1 aliphatic rings. The van der Waals surface area contributed by atoms with E-state index in [9.17, 15) is 9.90 Å². The van der Waals surface area contributed by atoms with Crippen LogP contribution in [0.25, 0.3) is 0 Å². The third-order valence-electron chi connectivity index (χ3n) is 8.94. The van der Waals surface area contributed by atoms with Crippen molar-refractivity contribution in [2.75, 3.05) is 27.4 Å². The largest absolute Gasteiger partial charge is 0.496 e. The van der Waals surface area contributed by atoms with E-state index in [1.807, 2.05) is 6.92 Å². The van der Waals surface area contributed by atoms with Crippen LogP contribution in [0, 0.1) is 0 Å². The summed E-state index contributed by atoms with van der Waals surface area (Å²) in [6.07, 6.45) is 1.02. The van der Waals surface area contributed by atoms with Crippen molar-refractivity contribution in [1.29, 1.82) is 0 Å². The van der Waals surface area contributed by atoms with Crippen molar-refractivity contribution in [3.8, 4) is 11.5 Å². The summed E-state index contributed by atoms with van der Waals surface area (Å²) in [5.41, 5.74) is 2.92. The highest BCUT2D eigenvalue weighted by Crippen LogP contribution is 2.50. The molecule has 1 atom stereocenters. The Balaban J connectivity index is 2.60. The van der Waals surface area contributed by atoms with E-state index in [0.29, 0.717) is 13.0 Å². The molecular weight excluding hydrogens is 550 g/mol. The number of rotatable bonds is 6. The zero-order chi connectivity index (χ0) is 33.6. The predicted molar refractivity (Wildman–Crippen MR) is 181 cm³/mol. The lowest BCUT2D eigenvalue weighted by molar-refractivity contribution is -0.00525. The second-order valence-electron chi connectivity index (χ2n) is 16.5. The second kappa shape index (κ2) is 12.2. The molecule has 1 amide bonds. The zero-order valence-corrected chi connectivity index (χ0v) is 30.2. The molecule has 6 nitrogen and oxygen atoms in total. The Bertz CT molecular complexity index is 1190. The van der Waals surface area contributed by atoms with Crippen molar-refractivity contribution >= 4 is 6.09 Å². The van der Waals surface area contributed by atoms with E-state index in [-0.39, 0.29) is 28.3 Å². The highest BCUT2D eigenvalue weighted by Gasteiger charge is 2.50. The number of amides is 1. The fourth-order valence-corrected chi connectivity index (χ4v) is 6.54. The van der Waals surface area contributed by atoms with E-state index in [1.165, 1.54) is 0 Å². The molecule has 3 rings (SSSR count). The van der Waals surface area contributed by atoms with Gasteiger partial charge in [-0.25, -0.2) is 4.79 Å². The number of likely N-dealkylation sites (tertiary alicyclic amines) is 1. The summed E-state index contributed by atoms with van der Waals surface area (Å²) in [5, 5.41) is 13.6. The number of ether oxygens (including phenoxy) is 3. The fourth-order valence-electron chi connectivity index (χ4n) is 6.54. The van der Waals surface area contributed by atoms with E-state index in [4.69, 9.17) is 14.2 Å². The van der Waals surface area contributed by atoms with Gasteiger partial charge in [0.05, 0.1) is 26.9 Å². The Labute approximate surface area is 267 Å². The van der Waals surface area contributed by atoms with Crippen molar-refractivity contribution in [2.45, 2.75) is 136 Å². The van der Waals surface area contributed by atoms with E-state index in [0.717, 1.165) is 51.3 Å². The summed E-state index contributed by atoms with van der Waals surface area (Å²) in [6, 6.07) is 7.88. The van der Waals surface area contributed by atoms with Crippen molar-refractivity contribution in [3.63, 3.8) is 0 Å². The van der Waals surface area contributed by atoms with Gasteiger partial charge in [0.1, 0.15) is 17.1 Å². The number of hydrogen-bond acceptors (Lipinski definition) is 5. The molecule has 44 heavy (non-hydrogen) atoms. The van der Waals surface area contributed by atoms with E-state index in [2.05, 4.69) is 107 Å². The highest BCUT2D eigenvalue weighted by atomic mass is 16.6. The number of benzene rings is 2. The van der Waals surface area contributed by atoms with Gasteiger partial charge < -0.3 is 24.2 Å². The molecule has 1 aliphatic heterocycles. The molecule has 1 unspecified atom stereocenters. The van der Waals surface area contributed by atoms with Crippen LogP contribution in [0.5, 0.6) is 11.5 Å². The monoisotopic (exact) mass is 609 g/mol. The maximum Gasteiger partial charge on any atom is 0.410 e. The van der Waals surface area contributed by atoms with Gasteiger partial charge in [-0.2, -0.15) is 0 Å². The van der Waals surface area contributed by atoms with Crippen LogP contribution in [0.4, 0.5) is 4.79 Å². The molecular formula is C38H59NO5. The lowest BCUT2D eigenvalue weighted by atomic mass is 9.70. The van der Waals surface area contributed by atoms with Gasteiger partial charge in [0.15, 0.2) is 0 Å². The van der Waals surface area contributed by atoms with Crippen LogP contribution in [0.2, 0.25) is 0 Å². The maximum absolute atomic E-state index is 13.6. The van der Waals surface area contributed by atoms with Crippen LogP contribution in [0.15, 0.2) is 24.3 Å². The zero-order valence-electron chi connectivity index (χ0n) is 30.2. The SMILES string of the molecule is CCOC(=O)N1CCCC1C(O)(c1cc(C(C)(C)C)c(OC)c(C(C)(C)C)c1)c1cc(C(C)(C)C)c(OC)c(C(C)(C)C)c1. The third-order valence-corrected chi connectivity index (χ3v) is 8.94. The summed E-state index contributed by atoms with van der Waals surface area (Å²) in [4.78, 5) is 15.2. The lowest BCUT2D eigenvalue weighted by Crippen LogP contribution is -2.51. The van der Waals surface area contributed by atoms with E-state index >= 15 is 0 Å². The summed E-state index contributed by atoms with van der Waals surface area (Å²) in [7, 11) is 3.44. The first-order chi connectivity index (χ1) is 20.0. The molecule has 2 aromatic carbocycles. The number of carbonyl (C=O) groups is 1. The average molecular weight is 610 g/mol. The standard InChI is InChI=1S/C38H59NO5/c1-16-44-33(40)39-19-17-18-30(39)38(41,24-20-26(34(2,3)4)31(42-14)27(21-24)35(5,6)7)25-22-28(36(8,9)10)32(43-15)29(23-25)37(11,12)13/h20-23,30,41H,16-19H2,1-15H3. The number of nitrogens with zero attached hydrogens (tertiary/aromatic N) is 1. The van der Waals surface area contributed by atoms with Gasteiger partial charge in [0.25, 0.3) is 0 Å². The predicted octanol–water partition coefficient (Wildman–Crippen LogP) is 8.75. The highest BCUT2D eigenvalue weighted by molar-refractivity contribution is 5.69. The fraction of sp³-hybridized carbons (Fsp3) is 0.658. The van der Waals surface area contributed by atoms with Crippen LogP contribution < -0.4 is 9.47 Å². The molecule has 0 spiro atoms. The normalized spacial score (nSPS) is 16.7. The molecule has 1 fully saturated rings. The number of hydrogen-bond donors (Lipinski definition) is 1. The minimum atomic E-state index is -1.55. The number of carbonyl (C=O) groups excluding carboxylic acids is 1. The van der Waals surface area contributed by atoms with E-state index < -0.39 is 17.7 Å². The molecule has 0 aromatic heterocycles. The molecule has 0 aliphatic carbocycles. The molecule has 0 bridgehead atoms. The van der Waals surface area contributed by atoms with Gasteiger partial charge in [-0.1, -0.05) is 83.1 Å². The van der Waals surface area contributed by atoms with Gasteiger partial charge >= 0.3 is 6.09 Å². The maximum atomic E-state index is 13.6. The molecule has 1 saturated heterocycles. The minimum Gasteiger partial charge on any atom is -0.496 e. The van der Waals surface area contributed by atoms with Crippen molar-refractivity contribution in [2.24, 2.45) is 0 Å². The quantitative estimate of drug-likeness (QED) is 0.355. The van der Waals surface area contributed by atoms with Crippen molar-refractivity contribution in [1.82, 2.24) is 4.90 Å². The second-order valence-corrected chi connectivity index (χ2v) is 16.5. The number of methoxy groups -OCH3 is 2. The van der Waals surface area contributed by atoms with Gasteiger partial charge in [-0.15, -0.1) is 0 Å². The van der Waals surface area contributed by atoms with Crippen LogP contribution in [-0.2, 0) is 32.0 Å². The first-order valence-electron chi connectivity index (χ1n) is 16.2. The summed E-state index contributed by atoms with van der Waals surface area (Å²) >= 11 is 0. The molecule has 1 heterocycles. The third kappa shape index (κ3) is 6.76. The Morgan fingerprint density at radius 2 is 1.07 bits per heavy atom. The minimum absolute atomic E-state index is 0.272. The summed E-state index contributed by atoms with van der Waals surface area (Å²) in [6.45, 7) is 28.7.